The molecule has 6 atom stereocenters. The van der Waals surface area contributed by atoms with Gasteiger partial charge in [-0.2, -0.15) is 0 Å². The van der Waals surface area contributed by atoms with Crippen molar-refractivity contribution >= 4 is 0 Å². The van der Waals surface area contributed by atoms with E-state index in [1.54, 1.807) is 0 Å². The second-order valence-corrected chi connectivity index (χ2v) is 8.14. The fraction of sp³-hybridized carbons (Fsp3) is 1.00. The minimum absolute atomic E-state index is 0.152. The summed E-state index contributed by atoms with van der Waals surface area (Å²) >= 11 is 0. The quantitative estimate of drug-likeness (QED) is 0.611. The zero-order chi connectivity index (χ0) is 12.3. The fourth-order valence-corrected chi connectivity index (χ4v) is 7.33. The molecule has 17 heavy (non-hydrogen) atoms. The van der Waals surface area contributed by atoms with Crippen LogP contribution in [0.25, 0.3) is 0 Å². The van der Waals surface area contributed by atoms with Gasteiger partial charge in [-0.3, -0.25) is 0 Å². The Bertz CT molecular complexity index is 414. The van der Waals surface area contributed by atoms with Crippen LogP contribution < -0.4 is 0 Å². The van der Waals surface area contributed by atoms with Gasteiger partial charge in [-0.25, -0.2) is 0 Å². The smallest absolute Gasteiger partial charge is 0.0780 e. The van der Waals surface area contributed by atoms with E-state index in [9.17, 15) is 0 Å². The van der Waals surface area contributed by atoms with Crippen LogP contribution in [0.15, 0.2) is 0 Å². The van der Waals surface area contributed by atoms with Crippen molar-refractivity contribution in [1.82, 2.24) is 0 Å². The Hall–Kier alpha value is -0.0400. The van der Waals surface area contributed by atoms with Gasteiger partial charge in [0, 0.05) is 16.2 Å². The van der Waals surface area contributed by atoms with Crippen LogP contribution in [0.3, 0.4) is 0 Å². The van der Waals surface area contributed by atoms with Gasteiger partial charge in [-0.05, 0) is 51.9 Å². The third-order valence-corrected chi connectivity index (χ3v) is 8.68. The molecule has 0 N–H and O–H groups in total. The summed E-state index contributed by atoms with van der Waals surface area (Å²) < 4.78 is 6.81. The van der Waals surface area contributed by atoms with Crippen molar-refractivity contribution in [1.29, 1.82) is 0 Å². The summed E-state index contributed by atoms with van der Waals surface area (Å²) in [6.07, 6.45) is 6.87. The molecule has 0 unspecified atom stereocenters. The zero-order valence-corrected chi connectivity index (χ0v) is 12.0. The average Bonchev–Trinajstić information content (AvgIpc) is 2.53. The first-order valence-corrected chi connectivity index (χ1v) is 7.48. The zero-order valence-electron chi connectivity index (χ0n) is 12.0. The molecule has 3 saturated carbocycles. The lowest BCUT2D eigenvalue weighted by Crippen LogP contribution is -2.58. The molecule has 0 aromatic rings. The van der Waals surface area contributed by atoms with Gasteiger partial charge in [0.2, 0.25) is 0 Å². The van der Waals surface area contributed by atoms with Crippen molar-refractivity contribution in [2.75, 3.05) is 0 Å². The molecule has 4 rings (SSSR count). The van der Waals surface area contributed by atoms with Gasteiger partial charge < -0.3 is 4.74 Å². The highest BCUT2D eigenvalue weighted by Gasteiger charge is 2.89. The Labute approximate surface area is 105 Å². The SMILES string of the molecule is C[C@H]1[C@@]2(C)[C@]34CCC[C@@]2(C)O[C@]3(C)[C@@]1(C)CC4. The van der Waals surface area contributed by atoms with Crippen LogP contribution in [0, 0.1) is 22.2 Å². The van der Waals surface area contributed by atoms with Gasteiger partial charge in [0.15, 0.2) is 0 Å². The van der Waals surface area contributed by atoms with E-state index in [2.05, 4.69) is 34.6 Å². The number of ether oxygens (including phenoxy) is 1. The van der Waals surface area contributed by atoms with Crippen molar-refractivity contribution < 1.29 is 4.74 Å². The first-order chi connectivity index (χ1) is 7.78. The maximum Gasteiger partial charge on any atom is 0.0780 e. The summed E-state index contributed by atoms with van der Waals surface area (Å²) in [7, 11) is 0. The molecule has 1 heteroatoms. The molecule has 4 fully saturated rings. The van der Waals surface area contributed by atoms with E-state index in [-0.39, 0.29) is 11.2 Å². The average molecular weight is 234 g/mol. The predicted octanol–water partition coefficient (Wildman–Crippen LogP) is 4.16. The van der Waals surface area contributed by atoms with Crippen LogP contribution in [0.4, 0.5) is 0 Å². The molecule has 0 aromatic carbocycles. The van der Waals surface area contributed by atoms with Crippen LogP contribution >= 0.6 is 0 Å². The van der Waals surface area contributed by atoms with E-state index in [1.807, 2.05) is 0 Å². The molecule has 1 saturated heterocycles. The Kier molecular flexibility index (Phi) is 1.50. The molecule has 1 spiro atoms. The topological polar surface area (TPSA) is 9.23 Å². The Morgan fingerprint density at radius 2 is 1.65 bits per heavy atom. The van der Waals surface area contributed by atoms with Crippen LogP contribution in [-0.4, -0.2) is 11.2 Å². The normalized spacial score (nSPS) is 72.2. The van der Waals surface area contributed by atoms with Crippen LogP contribution in [0.5, 0.6) is 0 Å². The summed E-state index contributed by atoms with van der Waals surface area (Å²) in [5.41, 5.74) is 1.63. The van der Waals surface area contributed by atoms with Gasteiger partial charge in [-0.1, -0.05) is 20.8 Å². The number of hydrogen-bond acceptors (Lipinski definition) is 1. The molecule has 96 valence electrons. The van der Waals surface area contributed by atoms with Gasteiger partial charge in [0.1, 0.15) is 0 Å². The van der Waals surface area contributed by atoms with Crippen molar-refractivity contribution in [3.05, 3.63) is 0 Å². The van der Waals surface area contributed by atoms with Gasteiger partial charge in [0.05, 0.1) is 11.2 Å². The van der Waals surface area contributed by atoms with E-state index in [0.29, 0.717) is 16.2 Å². The Morgan fingerprint density at radius 1 is 0.941 bits per heavy atom. The van der Waals surface area contributed by atoms with Crippen molar-refractivity contribution in [2.45, 2.75) is 77.9 Å². The second kappa shape index (κ2) is 2.35. The standard InChI is InChI=1S/C16H26O/c1-11-12(2)9-10-16-8-6-7-13(3,14(11,16)4)17-15(12,16)5/h11H,6-10H2,1-5H3/t11-,12+,13-,14-,15-,16-/m1/s1. The second-order valence-electron chi connectivity index (χ2n) is 8.14. The molecule has 4 aliphatic rings. The molecule has 3 aliphatic carbocycles. The predicted molar refractivity (Wildman–Crippen MR) is 68.8 cm³/mol. The lowest BCUT2D eigenvalue weighted by atomic mass is 9.47. The van der Waals surface area contributed by atoms with E-state index in [4.69, 9.17) is 4.74 Å². The molecule has 5 bridgehead atoms. The summed E-state index contributed by atoms with van der Waals surface area (Å²) in [6.45, 7) is 12.5. The first-order valence-electron chi connectivity index (χ1n) is 7.48. The third kappa shape index (κ3) is 0.654. The van der Waals surface area contributed by atoms with Crippen LogP contribution in [0.2, 0.25) is 0 Å². The lowest BCUT2D eigenvalue weighted by molar-refractivity contribution is -0.226. The van der Waals surface area contributed by atoms with E-state index in [1.165, 1.54) is 32.1 Å². The molecule has 1 heterocycles. The first kappa shape index (κ1) is 10.8. The Balaban J connectivity index is 2.06. The maximum atomic E-state index is 6.81. The van der Waals surface area contributed by atoms with Crippen LogP contribution in [0.1, 0.15) is 66.7 Å². The number of rotatable bonds is 0. The van der Waals surface area contributed by atoms with Crippen molar-refractivity contribution in [3.8, 4) is 0 Å². The Morgan fingerprint density at radius 3 is 2.29 bits per heavy atom. The molecular weight excluding hydrogens is 208 g/mol. The van der Waals surface area contributed by atoms with Gasteiger partial charge >= 0.3 is 0 Å². The molecule has 0 amide bonds. The largest absolute Gasteiger partial charge is 0.367 e. The fourth-order valence-electron chi connectivity index (χ4n) is 7.33. The summed E-state index contributed by atoms with van der Waals surface area (Å²) in [6, 6.07) is 0. The molecular formula is C16H26O. The molecule has 0 aromatic heterocycles. The summed E-state index contributed by atoms with van der Waals surface area (Å²) in [5.74, 6) is 0.813. The van der Waals surface area contributed by atoms with Crippen LogP contribution in [-0.2, 0) is 4.74 Å². The van der Waals surface area contributed by atoms with E-state index in [0.717, 1.165) is 5.92 Å². The minimum Gasteiger partial charge on any atom is -0.367 e. The highest BCUT2D eigenvalue weighted by molar-refractivity contribution is 5.36. The lowest BCUT2D eigenvalue weighted by Gasteiger charge is -2.59. The third-order valence-electron chi connectivity index (χ3n) is 8.68. The molecule has 1 nitrogen and oxygen atoms in total. The summed E-state index contributed by atoms with van der Waals surface area (Å²) in [5, 5.41) is 0. The van der Waals surface area contributed by atoms with Gasteiger partial charge in [0.25, 0.3) is 0 Å². The van der Waals surface area contributed by atoms with E-state index < -0.39 is 0 Å². The molecule has 1 aliphatic heterocycles. The van der Waals surface area contributed by atoms with Crippen molar-refractivity contribution in [3.63, 3.8) is 0 Å². The number of hydrogen-bond donors (Lipinski definition) is 0. The van der Waals surface area contributed by atoms with E-state index >= 15 is 0 Å². The van der Waals surface area contributed by atoms with Gasteiger partial charge in [-0.15, -0.1) is 0 Å². The minimum atomic E-state index is 0.152. The molecule has 0 radical (unpaired) electrons. The maximum absolute atomic E-state index is 6.81. The highest BCUT2D eigenvalue weighted by atomic mass is 16.5. The van der Waals surface area contributed by atoms with Crippen molar-refractivity contribution in [2.24, 2.45) is 22.2 Å². The monoisotopic (exact) mass is 234 g/mol. The summed E-state index contributed by atoms with van der Waals surface area (Å²) in [4.78, 5) is 0. The highest BCUT2D eigenvalue weighted by Crippen LogP contribution is 2.88.